The molecule has 0 saturated carbocycles. The van der Waals surface area contributed by atoms with Crippen LogP contribution in [0.15, 0.2) is 58.8 Å². The Morgan fingerprint density at radius 1 is 1.15 bits per heavy atom. The number of ether oxygens (including phenoxy) is 1. The molecule has 7 heteroatoms. The van der Waals surface area contributed by atoms with E-state index in [0.717, 1.165) is 59.1 Å². The summed E-state index contributed by atoms with van der Waals surface area (Å²) in [5.41, 5.74) is 5.24. The Labute approximate surface area is 200 Å². The first-order valence-electron chi connectivity index (χ1n) is 11.4. The number of nitrogens with zero attached hydrogens (tertiary/aromatic N) is 3. The van der Waals surface area contributed by atoms with Gasteiger partial charge in [0.05, 0.1) is 18.7 Å². The van der Waals surface area contributed by atoms with Gasteiger partial charge in [0.1, 0.15) is 5.75 Å². The number of aryl methyl sites for hydroxylation is 1. The molecule has 2 aromatic carbocycles. The largest absolute Gasteiger partial charge is 0.497 e. The SMILES string of the molecule is CCCCN1C(=S)NC(c2ccc(CC)cc2)C(c2nc(-c3cccc(OC)c3)no2)=C1C. The average molecular weight is 463 g/mol. The summed E-state index contributed by atoms with van der Waals surface area (Å²) in [7, 11) is 1.64. The Balaban J connectivity index is 1.78. The van der Waals surface area contributed by atoms with Gasteiger partial charge in [-0.25, -0.2) is 0 Å². The van der Waals surface area contributed by atoms with Crippen LogP contribution < -0.4 is 10.1 Å². The van der Waals surface area contributed by atoms with Crippen molar-refractivity contribution in [1.29, 1.82) is 0 Å². The smallest absolute Gasteiger partial charge is 0.258 e. The van der Waals surface area contributed by atoms with Crippen molar-refractivity contribution in [2.75, 3.05) is 13.7 Å². The molecule has 6 nitrogen and oxygen atoms in total. The third kappa shape index (κ3) is 4.78. The van der Waals surface area contributed by atoms with Gasteiger partial charge in [0.15, 0.2) is 5.11 Å². The monoisotopic (exact) mass is 462 g/mol. The number of unbranched alkanes of at least 4 members (excludes halogenated alkanes) is 1. The summed E-state index contributed by atoms with van der Waals surface area (Å²) in [6.07, 6.45) is 3.13. The molecule has 1 unspecified atom stereocenters. The summed E-state index contributed by atoms with van der Waals surface area (Å²) in [5.74, 6) is 1.77. The lowest BCUT2D eigenvalue weighted by molar-refractivity contribution is 0.395. The molecule has 0 saturated heterocycles. The zero-order valence-electron chi connectivity index (χ0n) is 19.6. The highest BCUT2D eigenvalue weighted by atomic mass is 32.1. The van der Waals surface area contributed by atoms with Crippen molar-refractivity contribution in [2.24, 2.45) is 0 Å². The minimum Gasteiger partial charge on any atom is -0.497 e. The van der Waals surface area contributed by atoms with Gasteiger partial charge in [0, 0.05) is 17.8 Å². The zero-order valence-corrected chi connectivity index (χ0v) is 20.4. The van der Waals surface area contributed by atoms with E-state index in [1.807, 2.05) is 24.3 Å². The predicted octanol–water partition coefficient (Wildman–Crippen LogP) is 5.77. The fourth-order valence-electron chi connectivity index (χ4n) is 4.05. The Morgan fingerprint density at radius 3 is 2.64 bits per heavy atom. The molecule has 0 fully saturated rings. The lowest BCUT2D eigenvalue weighted by atomic mass is 9.93. The predicted molar refractivity (Wildman–Crippen MR) is 135 cm³/mol. The number of hydrogen-bond acceptors (Lipinski definition) is 5. The van der Waals surface area contributed by atoms with Crippen LogP contribution in [0.5, 0.6) is 5.75 Å². The number of rotatable bonds is 8. The molecule has 172 valence electrons. The molecule has 1 atom stereocenters. The molecule has 1 aromatic heterocycles. The van der Waals surface area contributed by atoms with Crippen molar-refractivity contribution in [1.82, 2.24) is 20.4 Å². The van der Waals surface area contributed by atoms with E-state index in [9.17, 15) is 0 Å². The highest BCUT2D eigenvalue weighted by Crippen LogP contribution is 2.37. The van der Waals surface area contributed by atoms with Crippen molar-refractivity contribution in [3.8, 4) is 17.1 Å². The minimum atomic E-state index is -0.167. The molecule has 1 aliphatic heterocycles. The average Bonchev–Trinajstić information content (AvgIpc) is 3.33. The van der Waals surface area contributed by atoms with Crippen LogP contribution in [-0.2, 0) is 6.42 Å². The van der Waals surface area contributed by atoms with Gasteiger partial charge >= 0.3 is 0 Å². The van der Waals surface area contributed by atoms with Gasteiger partial charge in [-0.05, 0) is 55.2 Å². The topological polar surface area (TPSA) is 63.4 Å². The Kier molecular flexibility index (Phi) is 7.08. The van der Waals surface area contributed by atoms with Crippen LogP contribution in [0.4, 0.5) is 0 Å². The number of nitrogens with one attached hydrogen (secondary N) is 1. The molecule has 3 aromatic rings. The van der Waals surface area contributed by atoms with E-state index in [4.69, 9.17) is 26.5 Å². The van der Waals surface area contributed by atoms with E-state index in [1.165, 1.54) is 5.56 Å². The first kappa shape index (κ1) is 23.0. The van der Waals surface area contributed by atoms with Gasteiger partial charge in [0.25, 0.3) is 5.89 Å². The molecule has 33 heavy (non-hydrogen) atoms. The number of methoxy groups -OCH3 is 1. The molecular weight excluding hydrogens is 432 g/mol. The Hall–Kier alpha value is -3.19. The molecule has 0 bridgehead atoms. The Morgan fingerprint density at radius 2 is 1.94 bits per heavy atom. The van der Waals surface area contributed by atoms with Gasteiger partial charge in [-0.1, -0.05) is 61.8 Å². The summed E-state index contributed by atoms with van der Waals surface area (Å²) in [4.78, 5) is 6.92. The second-order valence-corrected chi connectivity index (χ2v) is 8.52. The Bertz CT molecular complexity index is 1150. The summed E-state index contributed by atoms with van der Waals surface area (Å²) in [6.45, 7) is 7.26. The summed E-state index contributed by atoms with van der Waals surface area (Å²) >= 11 is 5.76. The van der Waals surface area contributed by atoms with Crippen LogP contribution in [0.2, 0.25) is 0 Å². The highest BCUT2D eigenvalue weighted by Gasteiger charge is 2.33. The van der Waals surface area contributed by atoms with Crippen LogP contribution in [0, 0.1) is 0 Å². The number of aromatic nitrogens is 2. The third-order valence-corrected chi connectivity index (χ3v) is 6.38. The van der Waals surface area contributed by atoms with E-state index in [1.54, 1.807) is 7.11 Å². The molecule has 0 aliphatic carbocycles. The van der Waals surface area contributed by atoms with Crippen molar-refractivity contribution in [3.63, 3.8) is 0 Å². The van der Waals surface area contributed by atoms with Gasteiger partial charge in [-0.3, -0.25) is 0 Å². The van der Waals surface area contributed by atoms with Crippen LogP contribution in [0.3, 0.4) is 0 Å². The molecule has 1 aliphatic rings. The fraction of sp³-hybridized carbons (Fsp3) is 0.346. The van der Waals surface area contributed by atoms with Crippen LogP contribution in [0.1, 0.15) is 56.7 Å². The minimum absolute atomic E-state index is 0.167. The first-order valence-corrected chi connectivity index (χ1v) is 11.8. The first-order chi connectivity index (χ1) is 16.0. The molecule has 0 radical (unpaired) electrons. The summed E-state index contributed by atoms with van der Waals surface area (Å²) < 4.78 is 11.2. The number of thiocarbonyl (C=S) groups is 1. The molecule has 0 spiro atoms. The van der Waals surface area contributed by atoms with Gasteiger partial charge in [-0.2, -0.15) is 4.98 Å². The van der Waals surface area contributed by atoms with Crippen molar-refractivity contribution in [3.05, 3.63) is 71.2 Å². The van der Waals surface area contributed by atoms with Crippen LogP contribution in [0.25, 0.3) is 17.0 Å². The van der Waals surface area contributed by atoms with E-state index in [2.05, 4.69) is 60.4 Å². The number of benzene rings is 2. The molecule has 4 rings (SSSR count). The standard InChI is InChI=1S/C26H30N4O2S/c1-5-7-15-30-17(3)22(23(27-26(30)33)19-13-11-18(6-2)12-14-19)25-28-24(29-32-25)20-9-8-10-21(16-20)31-4/h8-14,16,23H,5-7,15H2,1-4H3,(H,27,33). The number of hydrogen-bond donors (Lipinski definition) is 1. The van der Waals surface area contributed by atoms with Gasteiger partial charge < -0.3 is 19.5 Å². The summed E-state index contributed by atoms with van der Waals surface area (Å²) in [6, 6.07) is 16.1. The second-order valence-electron chi connectivity index (χ2n) is 8.14. The lowest BCUT2D eigenvalue weighted by Gasteiger charge is -2.37. The van der Waals surface area contributed by atoms with Crippen molar-refractivity contribution < 1.29 is 9.26 Å². The van der Waals surface area contributed by atoms with E-state index in [0.29, 0.717) is 11.7 Å². The maximum atomic E-state index is 5.82. The highest BCUT2D eigenvalue weighted by molar-refractivity contribution is 7.80. The third-order valence-electron chi connectivity index (χ3n) is 6.04. The second kappa shape index (κ2) is 10.2. The van der Waals surface area contributed by atoms with E-state index < -0.39 is 0 Å². The lowest BCUT2D eigenvalue weighted by Crippen LogP contribution is -2.46. The van der Waals surface area contributed by atoms with E-state index in [-0.39, 0.29) is 6.04 Å². The summed E-state index contributed by atoms with van der Waals surface area (Å²) in [5, 5.41) is 8.53. The normalized spacial score (nSPS) is 16.2. The van der Waals surface area contributed by atoms with E-state index >= 15 is 0 Å². The van der Waals surface area contributed by atoms with Crippen LogP contribution in [-0.4, -0.2) is 33.8 Å². The molecule has 1 N–H and O–H groups in total. The van der Waals surface area contributed by atoms with Crippen molar-refractivity contribution >= 4 is 22.9 Å². The van der Waals surface area contributed by atoms with Gasteiger partial charge in [-0.15, -0.1) is 0 Å². The maximum Gasteiger partial charge on any atom is 0.258 e. The molecule has 2 heterocycles. The fourth-order valence-corrected chi connectivity index (χ4v) is 4.40. The van der Waals surface area contributed by atoms with Gasteiger partial charge in [0.2, 0.25) is 5.82 Å². The zero-order chi connectivity index (χ0) is 23.4. The molecule has 0 amide bonds. The van der Waals surface area contributed by atoms with Crippen molar-refractivity contribution in [2.45, 2.75) is 46.1 Å². The molecular formula is C26H30N4O2S. The van der Waals surface area contributed by atoms with Crippen LogP contribution >= 0.6 is 12.2 Å². The maximum absolute atomic E-state index is 5.82. The number of allylic oxidation sites excluding steroid dienone is 1. The quantitative estimate of drug-likeness (QED) is 0.426.